The second kappa shape index (κ2) is 19.0. The summed E-state index contributed by atoms with van der Waals surface area (Å²) in [5, 5.41) is 19.7. The normalized spacial score (nSPS) is 13.4. The molecule has 1 atom stereocenters. The van der Waals surface area contributed by atoms with E-state index in [1.54, 1.807) is 0 Å². The maximum atomic E-state index is 2.56. The van der Waals surface area contributed by atoms with Crippen molar-refractivity contribution in [1.29, 1.82) is 0 Å². The third kappa shape index (κ3) is 8.02. The molecular formula is C79H54N2. The van der Waals surface area contributed by atoms with Crippen molar-refractivity contribution in [2.75, 3.05) is 9.80 Å². The Kier molecular flexibility index (Phi) is 11.0. The molecule has 1 unspecified atom stereocenters. The Bertz CT molecular complexity index is 4930. The van der Waals surface area contributed by atoms with E-state index >= 15 is 0 Å². The van der Waals surface area contributed by atoms with Crippen LogP contribution in [0.15, 0.2) is 291 Å². The summed E-state index contributed by atoms with van der Waals surface area (Å²) >= 11 is 0. The van der Waals surface area contributed by atoms with Crippen LogP contribution in [0, 0.1) is 0 Å². The van der Waals surface area contributed by atoms with Crippen LogP contribution in [-0.2, 0) is 0 Å². The minimum absolute atomic E-state index is 0.109. The summed E-state index contributed by atoms with van der Waals surface area (Å²) in [5.41, 5.74) is 14.4. The number of hydrogen-bond donors (Lipinski definition) is 0. The Morgan fingerprint density at radius 3 is 1.17 bits per heavy atom. The monoisotopic (exact) mass is 1030 g/mol. The van der Waals surface area contributed by atoms with Crippen LogP contribution in [0.2, 0.25) is 0 Å². The fourth-order valence-electron chi connectivity index (χ4n) is 13.4. The Morgan fingerprint density at radius 2 is 0.630 bits per heavy atom. The summed E-state index contributed by atoms with van der Waals surface area (Å²) in [5.74, 6) is 0.109. The lowest BCUT2D eigenvalue weighted by molar-refractivity contribution is 0.733. The molecule has 0 bridgehead atoms. The molecule has 0 spiro atoms. The fourth-order valence-corrected chi connectivity index (χ4v) is 13.4. The first-order chi connectivity index (χ1) is 40.0. The number of hydrogen-bond acceptors (Lipinski definition) is 2. The first kappa shape index (κ1) is 46.8. The zero-order valence-electron chi connectivity index (χ0n) is 44.9. The van der Waals surface area contributed by atoms with Crippen LogP contribution in [0.3, 0.4) is 0 Å². The molecule has 380 valence electrons. The van der Waals surface area contributed by atoms with Crippen LogP contribution >= 0.6 is 0 Å². The molecule has 1 aliphatic carbocycles. The lowest BCUT2D eigenvalue weighted by Crippen LogP contribution is -2.21. The highest BCUT2D eigenvalue weighted by atomic mass is 15.2. The van der Waals surface area contributed by atoms with Crippen LogP contribution in [0.1, 0.15) is 30.4 Å². The molecule has 2 heteroatoms. The summed E-state index contributed by atoms with van der Waals surface area (Å²) in [4.78, 5) is 5.01. The first-order valence-corrected chi connectivity index (χ1v) is 28.3. The molecule has 0 N–H and O–H groups in total. The number of fused-ring (bicyclic) bond motifs is 10. The van der Waals surface area contributed by atoms with Gasteiger partial charge in [-0.1, -0.05) is 219 Å². The second-order valence-electron chi connectivity index (χ2n) is 22.1. The molecule has 0 radical (unpaired) electrons. The van der Waals surface area contributed by atoms with Gasteiger partial charge in [0.2, 0.25) is 0 Å². The number of rotatable bonds is 8. The lowest BCUT2D eigenvalue weighted by atomic mass is 9.75. The van der Waals surface area contributed by atoms with E-state index in [1.807, 2.05) is 0 Å². The van der Waals surface area contributed by atoms with Gasteiger partial charge in [-0.3, -0.25) is 0 Å². The zero-order chi connectivity index (χ0) is 53.5. The van der Waals surface area contributed by atoms with Gasteiger partial charge in [-0.25, -0.2) is 0 Å². The van der Waals surface area contributed by atoms with Crippen LogP contribution in [0.5, 0.6) is 0 Å². The van der Waals surface area contributed by atoms with E-state index in [-0.39, 0.29) is 5.92 Å². The standard InChI is InChI=1S/C79H54N2/c1-51-42-71(81(68-37-32-55-17-5-10-23-61(55)47-68)69-38-33-56-18-6-11-24-62(56)48-69)50-76-77(51)79(65-29-26-52-14-2-7-20-58(52)43-65)75-49-70(39-41-74(75)78(76)64-34-40-73-63(44-64)28-27-57-19-12-13-25-72(57)73)80(66-35-30-53-15-3-8-21-59(53)45-66)67-36-31-54-16-4-9-22-60(54)46-67/h2-41,43-51H,42H2,1H3. The van der Waals surface area contributed by atoms with Gasteiger partial charge in [-0.15, -0.1) is 0 Å². The summed E-state index contributed by atoms with van der Waals surface area (Å²) < 4.78 is 0. The first-order valence-electron chi connectivity index (χ1n) is 28.3. The number of nitrogens with zero attached hydrogens (tertiary/aromatic N) is 2. The van der Waals surface area contributed by atoms with E-state index in [2.05, 4.69) is 308 Å². The molecule has 15 aromatic carbocycles. The van der Waals surface area contributed by atoms with Crippen molar-refractivity contribution in [3.63, 3.8) is 0 Å². The molecule has 0 heterocycles. The smallest absolute Gasteiger partial charge is 0.0468 e. The molecule has 0 fully saturated rings. The number of benzene rings is 15. The molecule has 0 saturated carbocycles. The molecule has 0 saturated heterocycles. The summed E-state index contributed by atoms with van der Waals surface area (Å²) in [6.07, 6.45) is 3.38. The van der Waals surface area contributed by atoms with E-state index in [0.29, 0.717) is 0 Å². The van der Waals surface area contributed by atoms with Gasteiger partial charge in [0.25, 0.3) is 0 Å². The minimum atomic E-state index is 0.109. The third-order valence-electron chi connectivity index (χ3n) is 17.3. The number of anilines is 5. The maximum Gasteiger partial charge on any atom is 0.0468 e. The second-order valence-corrected chi connectivity index (χ2v) is 22.1. The van der Waals surface area contributed by atoms with Gasteiger partial charge in [0.1, 0.15) is 0 Å². The molecule has 1 aliphatic rings. The van der Waals surface area contributed by atoms with Crippen LogP contribution in [0.4, 0.5) is 28.4 Å². The predicted octanol–water partition coefficient (Wildman–Crippen LogP) is 22.4. The van der Waals surface area contributed by atoms with Crippen LogP contribution < -0.4 is 9.80 Å². The summed E-state index contributed by atoms with van der Waals surface area (Å²) in [6.45, 7) is 2.47. The molecule has 0 aliphatic heterocycles. The Hall–Kier alpha value is -10.3. The molecule has 81 heavy (non-hydrogen) atoms. The van der Waals surface area contributed by atoms with E-state index in [9.17, 15) is 0 Å². The van der Waals surface area contributed by atoms with Gasteiger partial charge < -0.3 is 9.80 Å². The highest BCUT2D eigenvalue weighted by Gasteiger charge is 2.32. The van der Waals surface area contributed by atoms with Gasteiger partial charge in [0.15, 0.2) is 0 Å². The molecular weight excluding hydrogens is 977 g/mol. The van der Waals surface area contributed by atoms with Crippen molar-refractivity contribution in [2.45, 2.75) is 19.3 Å². The van der Waals surface area contributed by atoms with Gasteiger partial charge in [0, 0.05) is 34.1 Å². The van der Waals surface area contributed by atoms with Crippen LogP contribution in [0.25, 0.3) is 115 Å². The van der Waals surface area contributed by atoms with E-state index in [4.69, 9.17) is 0 Å². The molecule has 16 rings (SSSR count). The summed E-state index contributed by atoms with van der Waals surface area (Å²) in [6, 6.07) is 106. The zero-order valence-corrected chi connectivity index (χ0v) is 44.9. The van der Waals surface area contributed by atoms with E-state index in [1.165, 1.54) is 125 Å². The quantitative estimate of drug-likeness (QED) is 0.140. The molecule has 0 amide bonds. The van der Waals surface area contributed by atoms with Crippen molar-refractivity contribution in [3.05, 3.63) is 302 Å². The Morgan fingerprint density at radius 1 is 0.272 bits per heavy atom. The molecule has 0 aromatic heterocycles. The van der Waals surface area contributed by atoms with Gasteiger partial charge in [-0.2, -0.15) is 0 Å². The van der Waals surface area contributed by atoms with Gasteiger partial charge in [0.05, 0.1) is 0 Å². The van der Waals surface area contributed by atoms with Crippen molar-refractivity contribution in [1.82, 2.24) is 0 Å². The van der Waals surface area contributed by atoms with Crippen molar-refractivity contribution >= 4 is 121 Å². The molecule has 2 nitrogen and oxygen atoms in total. The average molecular weight is 1030 g/mol. The van der Waals surface area contributed by atoms with Crippen molar-refractivity contribution in [3.8, 4) is 22.3 Å². The predicted molar refractivity (Wildman–Crippen MR) is 348 cm³/mol. The largest absolute Gasteiger partial charge is 0.314 e. The third-order valence-corrected chi connectivity index (χ3v) is 17.3. The maximum absolute atomic E-state index is 2.56. The Balaban J connectivity index is 1.01. The van der Waals surface area contributed by atoms with Crippen molar-refractivity contribution < 1.29 is 0 Å². The minimum Gasteiger partial charge on any atom is -0.314 e. The Labute approximate surface area is 471 Å². The van der Waals surface area contributed by atoms with E-state index in [0.717, 1.165) is 34.9 Å². The van der Waals surface area contributed by atoms with Gasteiger partial charge in [-0.05, 0) is 211 Å². The van der Waals surface area contributed by atoms with Crippen molar-refractivity contribution in [2.24, 2.45) is 0 Å². The molecule has 15 aromatic rings. The van der Waals surface area contributed by atoms with Gasteiger partial charge >= 0.3 is 0 Å². The highest BCUT2D eigenvalue weighted by Crippen LogP contribution is 2.53. The topological polar surface area (TPSA) is 6.48 Å². The number of allylic oxidation sites excluding steroid dienone is 1. The SMILES string of the molecule is CC1CC(N(c2ccc3ccccc3c2)c2ccc3ccccc3c2)=Cc2c1c(-c1ccc3ccccc3c1)c1cc(N(c3ccc4ccccc4c3)c3ccc4ccccc4c3)ccc1c2-c1ccc2c(ccc3ccccc32)c1. The van der Waals surface area contributed by atoms with E-state index < -0.39 is 0 Å². The fraction of sp³-hybridized carbons (Fsp3) is 0.0380. The average Bonchev–Trinajstić information content (AvgIpc) is 3.33. The van der Waals surface area contributed by atoms with Crippen LogP contribution in [-0.4, -0.2) is 0 Å². The lowest BCUT2D eigenvalue weighted by Gasteiger charge is -2.36. The summed E-state index contributed by atoms with van der Waals surface area (Å²) in [7, 11) is 0. The highest BCUT2D eigenvalue weighted by molar-refractivity contribution is 6.15.